The fraction of sp³-hybridized carbons (Fsp3) is 0.391. The van der Waals surface area contributed by atoms with Gasteiger partial charge in [-0.1, -0.05) is 12.1 Å². The molecule has 0 radical (unpaired) electrons. The van der Waals surface area contributed by atoms with E-state index >= 15 is 0 Å². The third kappa shape index (κ3) is 6.80. The summed E-state index contributed by atoms with van der Waals surface area (Å²) < 4.78 is 15.7. The molecule has 0 saturated heterocycles. The molecule has 0 aromatic heterocycles. The molecule has 31 heavy (non-hydrogen) atoms. The van der Waals surface area contributed by atoms with Gasteiger partial charge in [0.05, 0.1) is 27.9 Å². The SMILES string of the molecule is COc1cc(C(=O)NCC(=O)NCCCc2ccc(N(C)C)cc2)cc(OC)c1OC. The van der Waals surface area contributed by atoms with Gasteiger partial charge in [0.15, 0.2) is 11.5 Å². The lowest BCUT2D eigenvalue weighted by molar-refractivity contribution is -0.120. The van der Waals surface area contributed by atoms with Crippen LogP contribution in [0.2, 0.25) is 0 Å². The standard InChI is InChI=1S/C23H31N3O5/c1-26(2)18-10-8-16(9-11-18)7-6-12-24-21(27)15-25-23(28)17-13-19(29-3)22(31-5)20(14-17)30-4/h8-11,13-14H,6-7,12,15H2,1-5H3,(H,24,27)(H,25,28). The van der Waals surface area contributed by atoms with E-state index in [1.54, 1.807) is 0 Å². The second-order valence-electron chi connectivity index (χ2n) is 7.11. The van der Waals surface area contributed by atoms with E-state index in [2.05, 4.69) is 39.8 Å². The minimum atomic E-state index is -0.407. The summed E-state index contributed by atoms with van der Waals surface area (Å²) in [7, 11) is 8.45. The van der Waals surface area contributed by atoms with Crippen molar-refractivity contribution in [3.63, 3.8) is 0 Å². The summed E-state index contributed by atoms with van der Waals surface area (Å²) in [6.07, 6.45) is 1.68. The van der Waals surface area contributed by atoms with E-state index in [1.807, 2.05) is 14.1 Å². The Bertz CT molecular complexity index is 856. The van der Waals surface area contributed by atoms with Gasteiger partial charge in [-0.25, -0.2) is 0 Å². The largest absolute Gasteiger partial charge is 0.493 e. The van der Waals surface area contributed by atoms with Gasteiger partial charge in [0.1, 0.15) is 0 Å². The molecule has 0 atom stereocenters. The molecule has 0 aliphatic carbocycles. The van der Waals surface area contributed by atoms with Crippen LogP contribution in [0.15, 0.2) is 36.4 Å². The molecule has 2 aromatic carbocycles. The predicted octanol–water partition coefficient (Wildman–Crippen LogP) is 2.26. The first-order chi connectivity index (χ1) is 14.9. The fourth-order valence-electron chi connectivity index (χ4n) is 3.02. The number of methoxy groups -OCH3 is 3. The molecule has 2 rings (SSSR count). The van der Waals surface area contributed by atoms with Crippen molar-refractivity contribution in [3.05, 3.63) is 47.5 Å². The summed E-state index contributed by atoms with van der Waals surface area (Å²) in [5, 5.41) is 5.43. The van der Waals surface area contributed by atoms with Crippen molar-refractivity contribution in [1.82, 2.24) is 10.6 Å². The van der Waals surface area contributed by atoms with Gasteiger partial charge in [-0.15, -0.1) is 0 Å². The highest BCUT2D eigenvalue weighted by Gasteiger charge is 2.17. The summed E-state index contributed by atoms with van der Waals surface area (Å²) in [6, 6.07) is 11.4. The van der Waals surface area contributed by atoms with Crippen LogP contribution in [0.5, 0.6) is 17.2 Å². The maximum atomic E-state index is 12.4. The molecular formula is C23H31N3O5. The number of rotatable bonds is 11. The molecule has 0 bridgehead atoms. The first-order valence-electron chi connectivity index (χ1n) is 10.0. The maximum absolute atomic E-state index is 12.4. The van der Waals surface area contributed by atoms with Crippen LogP contribution < -0.4 is 29.7 Å². The molecule has 0 heterocycles. The summed E-state index contributed by atoms with van der Waals surface area (Å²) >= 11 is 0. The van der Waals surface area contributed by atoms with Gasteiger partial charge in [0, 0.05) is 31.9 Å². The molecule has 0 spiro atoms. The third-order valence-corrected chi connectivity index (χ3v) is 4.75. The van der Waals surface area contributed by atoms with Crippen LogP contribution >= 0.6 is 0 Å². The van der Waals surface area contributed by atoms with Gasteiger partial charge in [0.2, 0.25) is 11.7 Å². The van der Waals surface area contributed by atoms with E-state index in [-0.39, 0.29) is 12.5 Å². The lowest BCUT2D eigenvalue weighted by Crippen LogP contribution is -2.37. The van der Waals surface area contributed by atoms with Crippen LogP contribution in [0.25, 0.3) is 0 Å². The second-order valence-corrected chi connectivity index (χ2v) is 7.11. The first kappa shape index (κ1) is 23.9. The summed E-state index contributed by atoms with van der Waals surface area (Å²) in [5.74, 6) is 0.486. The minimum Gasteiger partial charge on any atom is -0.493 e. The summed E-state index contributed by atoms with van der Waals surface area (Å²) in [5.41, 5.74) is 2.68. The zero-order valence-electron chi connectivity index (χ0n) is 18.8. The van der Waals surface area contributed by atoms with Gasteiger partial charge in [-0.3, -0.25) is 9.59 Å². The number of amides is 2. The molecule has 2 aromatic rings. The van der Waals surface area contributed by atoms with E-state index in [1.165, 1.54) is 39.0 Å². The van der Waals surface area contributed by atoms with Crippen molar-refractivity contribution in [3.8, 4) is 17.2 Å². The monoisotopic (exact) mass is 429 g/mol. The number of benzene rings is 2. The molecule has 0 unspecified atom stereocenters. The molecule has 0 saturated carbocycles. The highest BCUT2D eigenvalue weighted by molar-refractivity contribution is 5.97. The average molecular weight is 430 g/mol. The Morgan fingerprint density at radius 2 is 1.52 bits per heavy atom. The summed E-state index contributed by atoms with van der Waals surface area (Å²) in [4.78, 5) is 26.5. The lowest BCUT2D eigenvalue weighted by Gasteiger charge is -2.14. The Balaban J connectivity index is 1.78. The lowest BCUT2D eigenvalue weighted by atomic mass is 10.1. The van der Waals surface area contributed by atoms with Crippen LogP contribution in [-0.4, -0.2) is 60.3 Å². The number of carbonyl (C=O) groups excluding carboxylic acids is 2. The van der Waals surface area contributed by atoms with Crippen molar-refractivity contribution >= 4 is 17.5 Å². The highest BCUT2D eigenvalue weighted by atomic mass is 16.5. The van der Waals surface area contributed by atoms with Crippen molar-refractivity contribution in [2.75, 3.05) is 53.4 Å². The molecule has 0 fully saturated rings. The Hall–Kier alpha value is -3.42. The van der Waals surface area contributed by atoms with E-state index < -0.39 is 5.91 Å². The smallest absolute Gasteiger partial charge is 0.251 e. The zero-order chi connectivity index (χ0) is 22.8. The van der Waals surface area contributed by atoms with Crippen molar-refractivity contribution in [2.24, 2.45) is 0 Å². The predicted molar refractivity (Wildman–Crippen MR) is 121 cm³/mol. The third-order valence-electron chi connectivity index (χ3n) is 4.75. The molecule has 0 aliphatic heterocycles. The number of nitrogens with one attached hydrogen (secondary N) is 2. The van der Waals surface area contributed by atoms with Gasteiger partial charge in [-0.2, -0.15) is 0 Å². The Kier molecular flexibility index (Phi) is 8.99. The van der Waals surface area contributed by atoms with E-state index in [0.717, 1.165) is 18.5 Å². The minimum absolute atomic E-state index is 0.118. The molecule has 2 N–H and O–H groups in total. The van der Waals surface area contributed by atoms with Crippen LogP contribution in [0.3, 0.4) is 0 Å². The first-order valence-corrected chi connectivity index (χ1v) is 10.0. The van der Waals surface area contributed by atoms with Crippen molar-refractivity contribution < 1.29 is 23.8 Å². The van der Waals surface area contributed by atoms with Gasteiger partial charge in [0.25, 0.3) is 5.91 Å². The van der Waals surface area contributed by atoms with Crippen LogP contribution in [0.1, 0.15) is 22.3 Å². The van der Waals surface area contributed by atoms with Crippen LogP contribution in [0, 0.1) is 0 Å². The number of carbonyl (C=O) groups is 2. The molecular weight excluding hydrogens is 398 g/mol. The number of aryl methyl sites for hydroxylation is 1. The molecule has 168 valence electrons. The number of hydrogen-bond donors (Lipinski definition) is 2. The quantitative estimate of drug-likeness (QED) is 0.533. The Labute approximate surface area is 183 Å². The van der Waals surface area contributed by atoms with Gasteiger partial charge < -0.3 is 29.7 Å². The summed E-state index contributed by atoms with van der Waals surface area (Å²) in [6.45, 7) is 0.418. The van der Waals surface area contributed by atoms with Gasteiger partial charge in [-0.05, 0) is 42.7 Å². The second kappa shape index (κ2) is 11.7. The Morgan fingerprint density at radius 1 is 0.903 bits per heavy atom. The van der Waals surface area contributed by atoms with Crippen molar-refractivity contribution in [2.45, 2.75) is 12.8 Å². The fourth-order valence-corrected chi connectivity index (χ4v) is 3.02. The topological polar surface area (TPSA) is 89.1 Å². The maximum Gasteiger partial charge on any atom is 0.251 e. The van der Waals surface area contributed by atoms with Gasteiger partial charge >= 0.3 is 0 Å². The Morgan fingerprint density at radius 3 is 2.03 bits per heavy atom. The average Bonchev–Trinajstić information content (AvgIpc) is 2.79. The van der Waals surface area contributed by atoms with Crippen LogP contribution in [0.4, 0.5) is 5.69 Å². The number of nitrogens with zero attached hydrogens (tertiary/aromatic N) is 1. The highest BCUT2D eigenvalue weighted by Crippen LogP contribution is 2.38. The number of anilines is 1. The van der Waals surface area contributed by atoms with Crippen LogP contribution in [-0.2, 0) is 11.2 Å². The molecule has 0 aliphatic rings. The molecule has 8 heteroatoms. The number of ether oxygens (including phenoxy) is 3. The zero-order valence-corrected chi connectivity index (χ0v) is 18.8. The molecule has 8 nitrogen and oxygen atoms in total. The van der Waals surface area contributed by atoms with E-state index in [9.17, 15) is 9.59 Å². The molecule has 2 amide bonds. The normalized spacial score (nSPS) is 10.2. The van der Waals surface area contributed by atoms with E-state index in [4.69, 9.17) is 14.2 Å². The van der Waals surface area contributed by atoms with Crippen molar-refractivity contribution in [1.29, 1.82) is 0 Å². The number of hydrogen-bond acceptors (Lipinski definition) is 6. The van der Waals surface area contributed by atoms with E-state index in [0.29, 0.717) is 29.4 Å².